The van der Waals surface area contributed by atoms with Crippen molar-refractivity contribution in [3.05, 3.63) is 53.8 Å². The van der Waals surface area contributed by atoms with Gasteiger partial charge in [0.15, 0.2) is 18.1 Å². The molecule has 1 saturated heterocycles. The molecule has 2 aromatic carbocycles. The van der Waals surface area contributed by atoms with Gasteiger partial charge in [-0.25, -0.2) is 9.82 Å². The Kier molecular flexibility index (Phi) is 8.92. The molecule has 0 bridgehead atoms. The van der Waals surface area contributed by atoms with E-state index in [9.17, 15) is 18.8 Å². The van der Waals surface area contributed by atoms with Crippen LogP contribution in [0.3, 0.4) is 0 Å². The van der Waals surface area contributed by atoms with Crippen molar-refractivity contribution in [3.63, 3.8) is 0 Å². The van der Waals surface area contributed by atoms with Crippen LogP contribution in [0.4, 0.5) is 10.1 Å². The maximum Gasteiger partial charge on any atom is 0.329 e. The van der Waals surface area contributed by atoms with Crippen molar-refractivity contribution in [2.24, 2.45) is 5.10 Å². The normalized spacial score (nSPS) is 15.1. The van der Waals surface area contributed by atoms with E-state index in [-0.39, 0.29) is 19.3 Å². The van der Waals surface area contributed by atoms with E-state index in [1.54, 1.807) is 18.2 Å². The number of benzene rings is 2. The number of hydrogen-bond acceptors (Lipinski definition) is 7. The SMILES string of the molecule is COc1cc(/C=N\NC(=O)C(=O)NC[C@@H]2CCCO2)ccc1OCC(=O)Nc1ccc(F)cc1. The highest BCUT2D eigenvalue weighted by atomic mass is 19.1. The van der Waals surface area contributed by atoms with Crippen molar-refractivity contribution in [2.45, 2.75) is 18.9 Å². The summed E-state index contributed by atoms with van der Waals surface area (Å²) >= 11 is 0. The summed E-state index contributed by atoms with van der Waals surface area (Å²) in [4.78, 5) is 35.7. The first kappa shape index (κ1) is 24.6. The quantitative estimate of drug-likeness (QED) is 0.289. The predicted molar refractivity (Wildman–Crippen MR) is 121 cm³/mol. The lowest BCUT2D eigenvalue weighted by Gasteiger charge is -2.11. The monoisotopic (exact) mass is 472 g/mol. The second kappa shape index (κ2) is 12.3. The van der Waals surface area contributed by atoms with Gasteiger partial charge in [-0.05, 0) is 60.9 Å². The van der Waals surface area contributed by atoms with E-state index < -0.39 is 23.5 Å². The summed E-state index contributed by atoms with van der Waals surface area (Å²) in [7, 11) is 1.43. The number of carbonyl (C=O) groups excluding carboxylic acids is 3. The lowest BCUT2D eigenvalue weighted by molar-refractivity contribution is -0.139. The van der Waals surface area contributed by atoms with E-state index in [0.29, 0.717) is 29.4 Å². The van der Waals surface area contributed by atoms with Crippen molar-refractivity contribution in [1.82, 2.24) is 10.7 Å². The Morgan fingerprint density at radius 1 is 1.15 bits per heavy atom. The predicted octanol–water partition coefficient (Wildman–Crippen LogP) is 1.60. The van der Waals surface area contributed by atoms with E-state index in [4.69, 9.17) is 14.2 Å². The van der Waals surface area contributed by atoms with Crippen LogP contribution in [-0.2, 0) is 19.1 Å². The molecule has 34 heavy (non-hydrogen) atoms. The molecular weight excluding hydrogens is 447 g/mol. The van der Waals surface area contributed by atoms with Crippen molar-refractivity contribution in [2.75, 3.05) is 32.2 Å². The van der Waals surface area contributed by atoms with Gasteiger partial charge in [-0.2, -0.15) is 5.10 Å². The first-order chi connectivity index (χ1) is 16.4. The molecule has 0 spiro atoms. The number of rotatable bonds is 9. The van der Waals surface area contributed by atoms with Crippen LogP contribution in [0.25, 0.3) is 0 Å². The summed E-state index contributed by atoms with van der Waals surface area (Å²) in [5.74, 6) is -1.88. The zero-order valence-corrected chi connectivity index (χ0v) is 18.5. The first-order valence-electron chi connectivity index (χ1n) is 10.5. The lowest BCUT2D eigenvalue weighted by atomic mass is 10.2. The summed E-state index contributed by atoms with van der Waals surface area (Å²) < 4.78 is 29.1. The molecule has 3 amide bonds. The molecule has 2 aromatic rings. The third kappa shape index (κ3) is 7.55. The molecule has 0 aliphatic carbocycles. The van der Waals surface area contributed by atoms with Crippen LogP contribution < -0.4 is 25.5 Å². The van der Waals surface area contributed by atoms with Crippen molar-refractivity contribution < 1.29 is 33.0 Å². The van der Waals surface area contributed by atoms with Gasteiger partial charge < -0.3 is 24.8 Å². The second-order valence-electron chi connectivity index (χ2n) is 7.30. The van der Waals surface area contributed by atoms with Gasteiger partial charge in [0.05, 0.1) is 19.4 Å². The topological polar surface area (TPSA) is 127 Å². The van der Waals surface area contributed by atoms with E-state index in [2.05, 4.69) is 21.2 Å². The second-order valence-corrected chi connectivity index (χ2v) is 7.30. The molecular formula is C23H25FN4O6. The Balaban J connectivity index is 1.47. The smallest absolute Gasteiger partial charge is 0.329 e. The minimum absolute atomic E-state index is 0.0672. The number of carbonyl (C=O) groups is 3. The van der Waals surface area contributed by atoms with E-state index in [1.807, 2.05) is 0 Å². The Labute approximate surface area is 195 Å². The number of amides is 3. The highest BCUT2D eigenvalue weighted by molar-refractivity contribution is 6.35. The minimum atomic E-state index is -0.895. The van der Waals surface area contributed by atoms with Gasteiger partial charge in [-0.1, -0.05) is 0 Å². The van der Waals surface area contributed by atoms with Gasteiger partial charge in [-0.3, -0.25) is 14.4 Å². The van der Waals surface area contributed by atoms with Gasteiger partial charge in [0.25, 0.3) is 5.91 Å². The Morgan fingerprint density at radius 2 is 1.94 bits per heavy atom. The zero-order chi connectivity index (χ0) is 24.3. The molecule has 11 heteroatoms. The number of anilines is 1. The fraction of sp³-hybridized carbons (Fsp3) is 0.304. The number of methoxy groups -OCH3 is 1. The third-order valence-corrected chi connectivity index (χ3v) is 4.77. The van der Waals surface area contributed by atoms with Gasteiger partial charge in [-0.15, -0.1) is 0 Å². The van der Waals surface area contributed by atoms with E-state index in [0.717, 1.165) is 12.8 Å². The van der Waals surface area contributed by atoms with E-state index in [1.165, 1.54) is 37.6 Å². The molecule has 1 aliphatic heterocycles. The number of hydrazone groups is 1. The van der Waals surface area contributed by atoms with Crippen LogP contribution in [0.2, 0.25) is 0 Å². The molecule has 0 aromatic heterocycles. The molecule has 0 unspecified atom stereocenters. The van der Waals surface area contributed by atoms with Gasteiger partial charge in [0.2, 0.25) is 0 Å². The average Bonchev–Trinajstić information content (AvgIpc) is 3.36. The first-order valence-corrected chi connectivity index (χ1v) is 10.5. The maximum absolute atomic E-state index is 12.9. The van der Waals surface area contributed by atoms with Crippen LogP contribution >= 0.6 is 0 Å². The average molecular weight is 472 g/mol. The van der Waals surface area contributed by atoms with Gasteiger partial charge >= 0.3 is 11.8 Å². The molecule has 1 heterocycles. The highest BCUT2D eigenvalue weighted by Crippen LogP contribution is 2.27. The molecule has 0 radical (unpaired) electrons. The van der Waals surface area contributed by atoms with Crippen LogP contribution in [0.15, 0.2) is 47.6 Å². The maximum atomic E-state index is 12.9. The van der Waals surface area contributed by atoms with Crippen LogP contribution in [-0.4, -0.2) is 56.9 Å². The van der Waals surface area contributed by atoms with Crippen molar-refractivity contribution in [3.8, 4) is 11.5 Å². The molecule has 1 aliphatic rings. The summed E-state index contributed by atoms with van der Waals surface area (Å²) in [5.41, 5.74) is 3.15. The molecule has 0 saturated carbocycles. The fourth-order valence-corrected chi connectivity index (χ4v) is 3.07. The lowest BCUT2D eigenvalue weighted by Crippen LogP contribution is -2.41. The fourth-order valence-electron chi connectivity index (χ4n) is 3.07. The number of ether oxygens (including phenoxy) is 3. The summed E-state index contributed by atoms with van der Waals surface area (Å²) in [6.45, 7) is 0.641. The number of nitrogens with zero attached hydrogens (tertiary/aromatic N) is 1. The summed E-state index contributed by atoms with van der Waals surface area (Å²) in [6, 6.07) is 10.1. The summed E-state index contributed by atoms with van der Waals surface area (Å²) in [5, 5.41) is 8.86. The molecule has 3 rings (SSSR count). The molecule has 1 atom stereocenters. The minimum Gasteiger partial charge on any atom is -0.493 e. The standard InChI is InChI=1S/C23H25FN4O6/c1-32-20-11-15(12-26-28-23(31)22(30)25-13-18-3-2-10-33-18)4-9-19(20)34-14-21(29)27-17-7-5-16(24)6-8-17/h4-9,11-12,18H,2-3,10,13-14H2,1H3,(H,25,30)(H,27,29)(H,28,31)/b26-12-/t18-/m0/s1. The highest BCUT2D eigenvalue weighted by Gasteiger charge is 2.19. The Hall–Kier alpha value is -3.99. The zero-order valence-electron chi connectivity index (χ0n) is 18.5. The molecule has 3 N–H and O–H groups in total. The van der Waals surface area contributed by atoms with Gasteiger partial charge in [0.1, 0.15) is 5.82 Å². The van der Waals surface area contributed by atoms with Gasteiger partial charge in [0, 0.05) is 18.8 Å². The molecule has 10 nitrogen and oxygen atoms in total. The Bertz CT molecular complexity index is 1040. The van der Waals surface area contributed by atoms with Crippen molar-refractivity contribution >= 4 is 29.6 Å². The number of nitrogens with one attached hydrogen (secondary N) is 3. The number of hydrogen-bond donors (Lipinski definition) is 3. The van der Waals surface area contributed by atoms with Crippen LogP contribution in [0.5, 0.6) is 11.5 Å². The van der Waals surface area contributed by atoms with Crippen molar-refractivity contribution in [1.29, 1.82) is 0 Å². The van der Waals surface area contributed by atoms with Crippen LogP contribution in [0.1, 0.15) is 18.4 Å². The third-order valence-electron chi connectivity index (χ3n) is 4.77. The number of halogens is 1. The Morgan fingerprint density at radius 3 is 2.65 bits per heavy atom. The largest absolute Gasteiger partial charge is 0.493 e. The molecule has 1 fully saturated rings. The molecule has 180 valence electrons. The van der Waals surface area contributed by atoms with E-state index >= 15 is 0 Å². The van der Waals surface area contributed by atoms with Crippen LogP contribution in [0, 0.1) is 5.82 Å². The summed E-state index contributed by atoms with van der Waals surface area (Å²) in [6.07, 6.45) is 3.05.